The maximum absolute atomic E-state index is 13.1. The molecule has 2 aromatic heterocycles. The Morgan fingerprint density at radius 3 is 2.56 bits per heavy atom. The summed E-state index contributed by atoms with van der Waals surface area (Å²) in [5, 5.41) is 7.27. The minimum absolute atomic E-state index is 0.0667. The molecule has 2 heterocycles. The van der Waals surface area contributed by atoms with E-state index in [9.17, 15) is 18.0 Å². The first-order chi connectivity index (χ1) is 15.2. The number of alkyl halides is 3. The lowest BCUT2D eigenvalue weighted by atomic mass is 10.1. The monoisotopic (exact) mass is 438 g/mol. The quantitative estimate of drug-likeness (QED) is 0.412. The van der Waals surface area contributed by atoms with E-state index in [0.29, 0.717) is 34.6 Å². The number of halogens is 3. The number of carbonyl (C=O) groups is 1. The molecule has 1 N–H and O–H groups in total. The van der Waals surface area contributed by atoms with E-state index in [1.807, 2.05) is 32.0 Å². The molecule has 0 atom stereocenters. The van der Waals surface area contributed by atoms with Gasteiger partial charge in [0, 0.05) is 29.4 Å². The molecule has 0 radical (unpaired) electrons. The van der Waals surface area contributed by atoms with E-state index in [1.54, 1.807) is 28.9 Å². The van der Waals surface area contributed by atoms with Gasteiger partial charge in [0.05, 0.1) is 17.5 Å². The van der Waals surface area contributed by atoms with E-state index in [0.717, 1.165) is 17.7 Å². The number of aromatic nitrogens is 3. The van der Waals surface area contributed by atoms with Crippen LogP contribution in [0.5, 0.6) is 0 Å². The molecule has 8 heteroatoms. The highest BCUT2D eigenvalue weighted by Crippen LogP contribution is 2.34. The van der Waals surface area contributed by atoms with Gasteiger partial charge in [0.2, 0.25) is 5.91 Å². The van der Waals surface area contributed by atoms with Crippen molar-refractivity contribution in [1.82, 2.24) is 14.6 Å². The molecule has 0 aliphatic heterocycles. The Balaban J connectivity index is 1.72. The Kier molecular flexibility index (Phi) is 5.69. The molecule has 0 saturated heterocycles. The maximum Gasteiger partial charge on any atom is 0.416 e. The number of hydrogen-bond donors (Lipinski definition) is 1. The summed E-state index contributed by atoms with van der Waals surface area (Å²) >= 11 is 0. The minimum Gasteiger partial charge on any atom is -0.326 e. The van der Waals surface area contributed by atoms with E-state index in [4.69, 9.17) is 0 Å². The fourth-order valence-corrected chi connectivity index (χ4v) is 3.52. The highest BCUT2D eigenvalue weighted by molar-refractivity contribution is 5.91. The van der Waals surface area contributed by atoms with Gasteiger partial charge in [-0.15, -0.1) is 0 Å². The summed E-state index contributed by atoms with van der Waals surface area (Å²) in [4.78, 5) is 16.5. The molecule has 0 saturated carbocycles. The molecule has 164 valence electrons. The number of fused-ring (bicyclic) bond motifs is 1. The first-order valence-electron chi connectivity index (χ1n) is 10.1. The van der Waals surface area contributed by atoms with Crippen molar-refractivity contribution in [2.45, 2.75) is 26.4 Å². The Labute approximate surface area is 182 Å². The molecule has 0 fully saturated rings. The lowest BCUT2D eigenvalue weighted by Crippen LogP contribution is -2.13. The van der Waals surface area contributed by atoms with Crippen molar-refractivity contribution >= 4 is 17.2 Å². The SMILES string of the molecule is CC(C)CC(=O)Nc1cccc(-c2ccnc3c(-c4cccc(C(F)(F)F)c4)cnn23)c1. The van der Waals surface area contributed by atoms with Gasteiger partial charge in [-0.05, 0) is 41.8 Å². The Morgan fingerprint density at radius 1 is 1.06 bits per heavy atom. The summed E-state index contributed by atoms with van der Waals surface area (Å²) in [5.41, 5.74) is 2.75. The summed E-state index contributed by atoms with van der Waals surface area (Å²) in [6.45, 7) is 3.95. The predicted octanol–water partition coefficient (Wildman–Crippen LogP) is 6.07. The van der Waals surface area contributed by atoms with E-state index in [2.05, 4.69) is 15.4 Å². The van der Waals surface area contributed by atoms with Crippen LogP contribution in [0.2, 0.25) is 0 Å². The Morgan fingerprint density at radius 2 is 1.81 bits per heavy atom. The van der Waals surface area contributed by atoms with Crippen LogP contribution in [0.1, 0.15) is 25.8 Å². The molecular formula is C24H21F3N4O. The zero-order valence-electron chi connectivity index (χ0n) is 17.5. The molecular weight excluding hydrogens is 417 g/mol. The number of anilines is 1. The molecule has 0 aliphatic rings. The largest absolute Gasteiger partial charge is 0.416 e. The molecule has 5 nitrogen and oxygen atoms in total. The molecule has 0 bridgehead atoms. The second-order valence-corrected chi connectivity index (χ2v) is 7.93. The van der Waals surface area contributed by atoms with Crippen molar-refractivity contribution in [2.24, 2.45) is 5.92 Å². The topological polar surface area (TPSA) is 59.3 Å². The third-order valence-corrected chi connectivity index (χ3v) is 4.94. The van der Waals surface area contributed by atoms with Crippen LogP contribution in [-0.2, 0) is 11.0 Å². The molecule has 2 aromatic carbocycles. The molecule has 0 unspecified atom stereocenters. The lowest BCUT2D eigenvalue weighted by molar-refractivity contribution is -0.137. The van der Waals surface area contributed by atoms with Crippen molar-refractivity contribution in [1.29, 1.82) is 0 Å². The fraction of sp³-hybridized carbons (Fsp3) is 0.208. The highest BCUT2D eigenvalue weighted by atomic mass is 19.4. The van der Waals surface area contributed by atoms with Crippen LogP contribution in [0.25, 0.3) is 28.0 Å². The minimum atomic E-state index is -4.43. The number of carbonyl (C=O) groups excluding carboxylic acids is 1. The Bertz CT molecular complexity index is 1280. The van der Waals surface area contributed by atoms with E-state index >= 15 is 0 Å². The smallest absolute Gasteiger partial charge is 0.326 e. The summed E-state index contributed by atoms with van der Waals surface area (Å²) in [6.07, 6.45) is -0.912. The second kappa shape index (κ2) is 8.45. The first-order valence-corrected chi connectivity index (χ1v) is 10.1. The summed E-state index contributed by atoms with van der Waals surface area (Å²) in [7, 11) is 0. The van der Waals surface area contributed by atoms with Crippen molar-refractivity contribution < 1.29 is 18.0 Å². The molecule has 32 heavy (non-hydrogen) atoms. The van der Waals surface area contributed by atoms with Crippen molar-refractivity contribution in [3.05, 3.63) is 72.6 Å². The number of amides is 1. The maximum atomic E-state index is 13.1. The van der Waals surface area contributed by atoms with Crippen LogP contribution in [-0.4, -0.2) is 20.5 Å². The molecule has 0 spiro atoms. The first kappa shape index (κ1) is 21.5. The zero-order valence-corrected chi connectivity index (χ0v) is 17.5. The standard InChI is InChI=1S/C24H21F3N4O/c1-15(2)11-22(32)30-19-8-4-6-17(13-19)21-9-10-28-23-20(14-29-31(21)23)16-5-3-7-18(12-16)24(25,26)27/h3-10,12-15H,11H2,1-2H3,(H,30,32). The van der Waals surface area contributed by atoms with Gasteiger partial charge in [0.25, 0.3) is 0 Å². The van der Waals surface area contributed by atoms with Gasteiger partial charge < -0.3 is 5.32 Å². The van der Waals surface area contributed by atoms with E-state index < -0.39 is 11.7 Å². The van der Waals surface area contributed by atoms with Gasteiger partial charge in [0.15, 0.2) is 5.65 Å². The van der Waals surface area contributed by atoms with Gasteiger partial charge in [-0.25, -0.2) is 9.50 Å². The molecule has 4 rings (SSSR count). The zero-order chi connectivity index (χ0) is 22.9. The second-order valence-electron chi connectivity index (χ2n) is 7.93. The van der Waals surface area contributed by atoms with E-state index in [-0.39, 0.29) is 11.8 Å². The van der Waals surface area contributed by atoms with Crippen LogP contribution in [0.3, 0.4) is 0 Å². The number of benzene rings is 2. The summed E-state index contributed by atoms with van der Waals surface area (Å²) in [5.74, 6) is 0.180. The third kappa shape index (κ3) is 4.49. The predicted molar refractivity (Wildman–Crippen MR) is 117 cm³/mol. The van der Waals surface area contributed by atoms with Gasteiger partial charge in [-0.1, -0.05) is 38.1 Å². The number of nitrogens with one attached hydrogen (secondary N) is 1. The number of rotatable bonds is 5. The van der Waals surface area contributed by atoms with Crippen LogP contribution in [0.15, 0.2) is 67.0 Å². The van der Waals surface area contributed by atoms with Crippen LogP contribution >= 0.6 is 0 Å². The van der Waals surface area contributed by atoms with Gasteiger partial charge in [-0.3, -0.25) is 4.79 Å². The van der Waals surface area contributed by atoms with E-state index in [1.165, 1.54) is 12.3 Å². The van der Waals surface area contributed by atoms with Crippen LogP contribution in [0.4, 0.5) is 18.9 Å². The Hall–Kier alpha value is -3.68. The highest BCUT2D eigenvalue weighted by Gasteiger charge is 2.30. The van der Waals surface area contributed by atoms with Gasteiger partial charge >= 0.3 is 6.18 Å². The molecule has 1 amide bonds. The van der Waals surface area contributed by atoms with Crippen LogP contribution in [0, 0.1) is 5.92 Å². The van der Waals surface area contributed by atoms with Crippen molar-refractivity contribution in [2.75, 3.05) is 5.32 Å². The average molecular weight is 438 g/mol. The summed E-state index contributed by atoms with van der Waals surface area (Å²) < 4.78 is 41.0. The van der Waals surface area contributed by atoms with Gasteiger partial charge in [0.1, 0.15) is 0 Å². The summed E-state index contributed by atoms with van der Waals surface area (Å²) in [6, 6.07) is 14.2. The number of nitrogens with zero attached hydrogens (tertiary/aromatic N) is 3. The molecule has 4 aromatic rings. The third-order valence-electron chi connectivity index (χ3n) is 4.94. The fourth-order valence-electron chi connectivity index (χ4n) is 3.52. The van der Waals surface area contributed by atoms with Crippen LogP contribution < -0.4 is 5.32 Å². The normalized spacial score (nSPS) is 11.8. The average Bonchev–Trinajstić information content (AvgIpc) is 3.17. The van der Waals surface area contributed by atoms with Gasteiger partial charge in [-0.2, -0.15) is 18.3 Å². The number of hydrogen-bond acceptors (Lipinski definition) is 3. The lowest BCUT2D eigenvalue weighted by Gasteiger charge is -2.10. The molecule has 0 aliphatic carbocycles. The van der Waals surface area contributed by atoms with Crippen molar-refractivity contribution in [3.63, 3.8) is 0 Å². The van der Waals surface area contributed by atoms with Crippen molar-refractivity contribution in [3.8, 4) is 22.4 Å².